The van der Waals surface area contributed by atoms with Crippen LogP contribution in [0.4, 0.5) is 11.4 Å². The van der Waals surface area contributed by atoms with Gasteiger partial charge in [0.1, 0.15) is 0 Å². The van der Waals surface area contributed by atoms with Crippen molar-refractivity contribution in [3.8, 4) is 0 Å². The maximum Gasteiger partial charge on any atom is 0.338 e. The monoisotopic (exact) mass is 260 g/mol. The number of nitrogens with two attached hydrogens (primary N) is 1. The molecule has 0 saturated heterocycles. The molecule has 4 nitrogen and oxygen atoms in total. The number of esters is 1. The number of hydrogen-bond donors (Lipinski definition) is 1. The molecule has 0 aliphatic rings. The summed E-state index contributed by atoms with van der Waals surface area (Å²) in [6.45, 7) is 10.9. The Balaban J connectivity index is 3.00. The van der Waals surface area contributed by atoms with Gasteiger partial charge in [-0.3, -0.25) is 0 Å². The van der Waals surface area contributed by atoms with Gasteiger partial charge in [-0.1, -0.05) is 12.2 Å². The van der Waals surface area contributed by atoms with Crippen LogP contribution in [-0.2, 0) is 4.74 Å². The van der Waals surface area contributed by atoms with Gasteiger partial charge in [0.15, 0.2) is 0 Å². The van der Waals surface area contributed by atoms with Crippen LogP contribution in [0, 0.1) is 0 Å². The number of rotatable bonds is 7. The summed E-state index contributed by atoms with van der Waals surface area (Å²) in [7, 11) is 0. The van der Waals surface area contributed by atoms with Gasteiger partial charge in [0.25, 0.3) is 0 Å². The highest BCUT2D eigenvalue weighted by molar-refractivity contribution is 5.92. The minimum atomic E-state index is -0.361. The SMILES string of the molecule is C=CCN(CC=C)c1ccc(C(=O)OCC)cc1N. The molecule has 1 aromatic rings. The minimum Gasteiger partial charge on any atom is -0.462 e. The molecule has 0 amide bonds. The highest BCUT2D eigenvalue weighted by Gasteiger charge is 2.12. The van der Waals surface area contributed by atoms with Gasteiger partial charge in [0.05, 0.1) is 23.5 Å². The van der Waals surface area contributed by atoms with E-state index >= 15 is 0 Å². The predicted molar refractivity (Wildman–Crippen MR) is 79.4 cm³/mol. The molecule has 0 radical (unpaired) electrons. The van der Waals surface area contributed by atoms with Crippen molar-refractivity contribution in [3.63, 3.8) is 0 Å². The number of benzene rings is 1. The molecular formula is C15H20N2O2. The molecule has 1 aromatic carbocycles. The van der Waals surface area contributed by atoms with Crippen LogP contribution in [0.1, 0.15) is 17.3 Å². The lowest BCUT2D eigenvalue weighted by Crippen LogP contribution is -2.24. The third kappa shape index (κ3) is 3.88. The summed E-state index contributed by atoms with van der Waals surface area (Å²) in [5, 5.41) is 0. The van der Waals surface area contributed by atoms with Crippen molar-refractivity contribution in [2.24, 2.45) is 0 Å². The molecule has 102 valence electrons. The van der Waals surface area contributed by atoms with E-state index in [2.05, 4.69) is 13.2 Å². The minimum absolute atomic E-state index is 0.347. The van der Waals surface area contributed by atoms with Crippen molar-refractivity contribution in [2.75, 3.05) is 30.3 Å². The molecule has 0 aliphatic carbocycles. The molecule has 0 bridgehead atoms. The van der Waals surface area contributed by atoms with Crippen LogP contribution in [0.3, 0.4) is 0 Å². The topological polar surface area (TPSA) is 55.6 Å². The summed E-state index contributed by atoms with van der Waals surface area (Å²) < 4.78 is 4.94. The lowest BCUT2D eigenvalue weighted by atomic mass is 10.1. The molecule has 19 heavy (non-hydrogen) atoms. The molecule has 0 aromatic heterocycles. The largest absolute Gasteiger partial charge is 0.462 e. The Morgan fingerprint density at radius 1 is 1.37 bits per heavy atom. The first-order valence-electron chi connectivity index (χ1n) is 6.17. The van der Waals surface area contributed by atoms with Gasteiger partial charge in [-0.15, -0.1) is 13.2 Å². The van der Waals surface area contributed by atoms with Gasteiger partial charge < -0.3 is 15.4 Å². The van der Waals surface area contributed by atoms with Gasteiger partial charge >= 0.3 is 5.97 Å². The fraction of sp³-hybridized carbons (Fsp3) is 0.267. The fourth-order valence-electron chi connectivity index (χ4n) is 1.77. The Hall–Kier alpha value is -2.23. The van der Waals surface area contributed by atoms with Crippen LogP contribution in [0.15, 0.2) is 43.5 Å². The molecule has 0 fully saturated rings. The van der Waals surface area contributed by atoms with E-state index in [0.29, 0.717) is 30.9 Å². The Morgan fingerprint density at radius 3 is 2.47 bits per heavy atom. The molecule has 0 aliphatic heterocycles. The van der Waals surface area contributed by atoms with Crippen molar-refractivity contribution in [1.82, 2.24) is 0 Å². The first kappa shape index (κ1) is 14.8. The van der Waals surface area contributed by atoms with Crippen molar-refractivity contribution in [1.29, 1.82) is 0 Å². The Morgan fingerprint density at radius 2 is 2.00 bits per heavy atom. The second-order valence-electron chi connectivity index (χ2n) is 3.98. The Kier molecular flexibility index (Phi) is 5.67. The molecular weight excluding hydrogens is 240 g/mol. The standard InChI is InChI=1S/C15H20N2O2/c1-4-9-17(10-5-2)14-8-7-12(11-13(14)16)15(18)19-6-3/h4-5,7-8,11H,1-2,6,9-10,16H2,3H3. The summed E-state index contributed by atoms with van der Waals surface area (Å²) in [4.78, 5) is 13.6. The third-order valence-corrected chi connectivity index (χ3v) is 2.58. The number of hydrogen-bond acceptors (Lipinski definition) is 4. The Labute approximate surface area is 114 Å². The van der Waals surface area contributed by atoms with Gasteiger partial charge in [-0.2, -0.15) is 0 Å². The number of anilines is 2. The second kappa shape index (κ2) is 7.26. The summed E-state index contributed by atoms with van der Waals surface area (Å²) in [6.07, 6.45) is 3.59. The van der Waals surface area contributed by atoms with E-state index in [4.69, 9.17) is 10.5 Å². The average Bonchev–Trinajstić information content (AvgIpc) is 2.39. The lowest BCUT2D eigenvalue weighted by molar-refractivity contribution is 0.0526. The molecule has 0 unspecified atom stereocenters. The summed E-state index contributed by atoms with van der Waals surface area (Å²) in [5.74, 6) is -0.361. The van der Waals surface area contributed by atoms with E-state index in [1.807, 2.05) is 11.0 Å². The smallest absolute Gasteiger partial charge is 0.338 e. The molecule has 0 saturated carbocycles. The first-order valence-corrected chi connectivity index (χ1v) is 6.17. The van der Waals surface area contributed by atoms with Gasteiger partial charge in [0.2, 0.25) is 0 Å². The number of carbonyl (C=O) groups excluding carboxylic acids is 1. The van der Waals surface area contributed by atoms with Crippen LogP contribution < -0.4 is 10.6 Å². The highest BCUT2D eigenvalue weighted by Crippen LogP contribution is 2.24. The van der Waals surface area contributed by atoms with Gasteiger partial charge in [0, 0.05) is 13.1 Å². The second-order valence-corrected chi connectivity index (χ2v) is 3.98. The van der Waals surface area contributed by atoms with Crippen LogP contribution in [0.25, 0.3) is 0 Å². The van der Waals surface area contributed by atoms with Crippen LogP contribution in [0.2, 0.25) is 0 Å². The zero-order chi connectivity index (χ0) is 14.3. The zero-order valence-corrected chi connectivity index (χ0v) is 11.3. The number of nitrogen functional groups attached to an aromatic ring is 1. The quantitative estimate of drug-likeness (QED) is 0.465. The molecule has 0 heterocycles. The summed E-state index contributed by atoms with van der Waals surface area (Å²) >= 11 is 0. The molecule has 4 heteroatoms. The van der Waals surface area contributed by atoms with E-state index in [9.17, 15) is 4.79 Å². The maximum atomic E-state index is 11.6. The first-order chi connectivity index (χ1) is 9.13. The van der Waals surface area contributed by atoms with E-state index < -0.39 is 0 Å². The number of nitrogens with zero attached hydrogens (tertiary/aromatic N) is 1. The van der Waals surface area contributed by atoms with Crippen molar-refractivity contribution >= 4 is 17.3 Å². The summed E-state index contributed by atoms with van der Waals surface area (Å²) in [5.41, 5.74) is 7.85. The van der Waals surface area contributed by atoms with Crippen LogP contribution in [0.5, 0.6) is 0 Å². The maximum absolute atomic E-state index is 11.6. The molecule has 2 N–H and O–H groups in total. The van der Waals surface area contributed by atoms with Crippen LogP contribution >= 0.6 is 0 Å². The summed E-state index contributed by atoms with van der Waals surface area (Å²) in [6, 6.07) is 5.16. The van der Waals surface area contributed by atoms with Crippen molar-refractivity contribution in [2.45, 2.75) is 6.92 Å². The molecule has 0 spiro atoms. The van der Waals surface area contributed by atoms with E-state index in [-0.39, 0.29) is 5.97 Å². The third-order valence-electron chi connectivity index (χ3n) is 2.58. The van der Waals surface area contributed by atoms with Crippen LogP contribution in [-0.4, -0.2) is 25.7 Å². The zero-order valence-electron chi connectivity index (χ0n) is 11.3. The van der Waals surface area contributed by atoms with Crippen molar-refractivity contribution in [3.05, 3.63) is 49.1 Å². The predicted octanol–water partition coefficient (Wildman–Crippen LogP) is 2.62. The lowest BCUT2D eigenvalue weighted by Gasteiger charge is -2.23. The van der Waals surface area contributed by atoms with Gasteiger partial charge in [-0.25, -0.2) is 4.79 Å². The Bertz CT molecular complexity index is 459. The highest BCUT2D eigenvalue weighted by atomic mass is 16.5. The fourth-order valence-corrected chi connectivity index (χ4v) is 1.77. The molecule has 1 rings (SSSR count). The van der Waals surface area contributed by atoms with E-state index in [0.717, 1.165) is 5.69 Å². The number of ether oxygens (including phenoxy) is 1. The molecule has 0 atom stereocenters. The van der Waals surface area contributed by atoms with Crippen molar-refractivity contribution < 1.29 is 9.53 Å². The van der Waals surface area contributed by atoms with E-state index in [1.54, 1.807) is 31.2 Å². The number of carbonyl (C=O) groups is 1. The normalized spacial score (nSPS) is 9.74. The van der Waals surface area contributed by atoms with E-state index in [1.165, 1.54) is 0 Å². The van der Waals surface area contributed by atoms with Gasteiger partial charge in [-0.05, 0) is 25.1 Å². The average molecular weight is 260 g/mol.